The minimum absolute atomic E-state index is 0.00456. The Hall–Kier alpha value is -1.57. The Labute approximate surface area is 144 Å². The van der Waals surface area contributed by atoms with E-state index in [1.165, 1.54) is 27.8 Å². The fourth-order valence-electron chi connectivity index (χ4n) is 3.52. The first-order valence-electron chi connectivity index (χ1n) is 8.16. The molecule has 2 heteroatoms. The maximum absolute atomic E-state index is 6.31. The molecule has 0 bridgehead atoms. The third-order valence-corrected chi connectivity index (χ3v) is 5.00. The molecule has 23 heavy (non-hydrogen) atoms. The normalized spacial score (nSPS) is 17.2. The van der Waals surface area contributed by atoms with Gasteiger partial charge in [0.15, 0.2) is 0 Å². The molecule has 0 aromatic heterocycles. The predicted molar refractivity (Wildman–Crippen MR) is 100 cm³/mol. The molecule has 2 aromatic carbocycles. The van der Waals surface area contributed by atoms with Gasteiger partial charge in [-0.15, -0.1) is 0 Å². The van der Waals surface area contributed by atoms with Crippen molar-refractivity contribution in [3.63, 3.8) is 0 Å². The highest BCUT2D eigenvalue weighted by Crippen LogP contribution is 2.46. The summed E-state index contributed by atoms with van der Waals surface area (Å²) in [5.41, 5.74) is 6.68. The zero-order valence-electron chi connectivity index (χ0n) is 14.4. The van der Waals surface area contributed by atoms with Gasteiger partial charge in [-0.3, -0.25) is 0 Å². The lowest BCUT2D eigenvalue weighted by Gasteiger charge is -2.36. The van der Waals surface area contributed by atoms with Crippen molar-refractivity contribution in [1.29, 1.82) is 0 Å². The zero-order chi connectivity index (χ0) is 16.6. The van der Waals surface area contributed by atoms with Gasteiger partial charge in [0.2, 0.25) is 0 Å². The highest BCUT2D eigenvalue weighted by Gasteiger charge is 2.34. The summed E-state index contributed by atoms with van der Waals surface area (Å²) in [6.45, 7) is 5.65. The molecule has 1 aliphatic rings. The molecule has 0 radical (unpaired) electrons. The lowest BCUT2D eigenvalue weighted by molar-refractivity contribution is 0.417. The smallest absolute Gasteiger partial charge is 0.0412 e. The molecule has 0 saturated carbocycles. The first kappa shape index (κ1) is 16.3. The lowest BCUT2D eigenvalue weighted by atomic mass is 9.67. The topological polar surface area (TPSA) is 3.24 Å². The van der Waals surface area contributed by atoms with Crippen molar-refractivity contribution in [3.05, 3.63) is 75.8 Å². The van der Waals surface area contributed by atoms with Crippen LogP contribution in [0.5, 0.6) is 0 Å². The molecule has 1 aliphatic carbocycles. The summed E-state index contributed by atoms with van der Waals surface area (Å²) in [6, 6.07) is 15.1. The second-order valence-electron chi connectivity index (χ2n) is 7.07. The standard InChI is InChI=1S/C21H24ClN/c1-21(2)19-10-6-5-8-17(19)16(9-7-13-23(3)4)18-14-15(22)11-12-20(18)21/h5-6,8-12,14H,7,13H2,1-4H3. The van der Waals surface area contributed by atoms with Gasteiger partial charge in [0.1, 0.15) is 0 Å². The van der Waals surface area contributed by atoms with Crippen LogP contribution in [0.4, 0.5) is 0 Å². The molecule has 0 heterocycles. The minimum atomic E-state index is -0.00456. The van der Waals surface area contributed by atoms with E-state index in [4.69, 9.17) is 11.6 Å². The monoisotopic (exact) mass is 325 g/mol. The number of benzene rings is 2. The van der Waals surface area contributed by atoms with Crippen LogP contribution < -0.4 is 0 Å². The minimum Gasteiger partial charge on any atom is -0.309 e. The molecule has 1 nitrogen and oxygen atoms in total. The van der Waals surface area contributed by atoms with E-state index in [9.17, 15) is 0 Å². The summed E-state index contributed by atoms with van der Waals surface area (Å²) in [5, 5.41) is 0.803. The molecule has 0 spiro atoms. The van der Waals surface area contributed by atoms with E-state index in [0.29, 0.717) is 0 Å². The Balaban J connectivity index is 2.19. The van der Waals surface area contributed by atoms with Crippen LogP contribution in [-0.2, 0) is 5.41 Å². The zero-order valence-corrected chi connectivity index (χ0v) is 15.1. The molecule has 0 N–H and O–H groups in total. The Bertz CT molecular complexity index is 756. The maximum Gasteiger partial charge on any atom is 0.0412 e. The van der Waals surface area contributed by atoms with E-state index in [1.807, 2.05) is 6.07 Å². The van der Waals surface area contributed by atoms with Crippen LogP contribution in [-0.4, -0.2) is 25.5 Å². The van der Waals surface area contributed by atoms with Gasteiger partial charge in [0.25, 0.3) is 0 Å². The number of hydrogen-bond donors (Lipinski definition) is 0. The van der Waals surface area contributed by atoms with Crippen LogP contribution in [0.3, 0.4) is 0 Å². The molecule has 0 aliphatic heterocycles. The molecular formula is C21H24ClN. The lowest BCUT2D eigenvalue weighted by Crippen LogP contribution is -2.26. The van der Waals surface area contributed by atoms with Crippen molar-refractivity contribution < 1.29 is 0 Å². The van der Waals surface area contributed by atoms with Gasteiger partial charge in [-0.2, -0.15) is 0 Å². The molecular weight excluding hydrogens is 302 g/mol. The number of hydrogen-bond acceptors (Lipinski definition) is 1. The maximum atomic E-state index is 6.31. The van der Waals surface area contributed by atoms with Gasteiger partial charge in [-0.05, 0) is 60.5 Å². The Morgan fingerprint density at radius 2 is 1.70 bits per heavy atom. The largest absolute Gasteiger partial charge is 0.309 e. The first-order valence-corrected chi connectivity index (χ1v) is 8.54. The molecule has 2 aromatic rings. The molecule has 0 fully saturated rings. The van der Waals surface area contributed by atoms with E-state index in [1.54, 1.807) is 0 Å². The SMILES string of the molecule is CN(C)CCC=C1c2ccccc2C(C)(C)c2ccc(Cl)cc21. The highest BCUT2D eigenvalue weighted by molar-refractivity contribution is 6.30. The summed E-state index contributed by atoms with van der Waals surface area (Å²) >= 11 is 6.31. The molecule has 0 unspecified atom stereocenters. The third-order valence-electron chi connectivity index (χ3n) is 4.76. The molecule has 0 amide bonds. The fraction of sp³-hybridized carbons (Fsp3) is 0.333. The van der Waals surface area contributed by atoms with Crippen molar-refractivity contribution in [2.75, 3.05) is 20.6 Å². The van der Waals surface area contributed by atoms with Gasteiger partial charge < -0.3 is 4.90 Å². The van der Waals surface area contributed by atoms with Crippen LogP contribution in [0.15, 0.2) is 48.5 Å². The summed E-state index contributed by atoms with van der Waals surface area (Å²) in [5.74, 6) is 0. The van der Waals surface area contributed by atoms with E-state index >= 15 is 0 Å². The van der Waals surface area contributed by atoms with E-state index in [2.05, 4.69) is 75.3 Å². The van der Waals surface area contributed by atoms with Crippen LogP contribution in [0.25, 0.3) is 5.57 Å². The molecule has 3 rings (SSSR count). The van der Waals surface area contributed by atoms with Gasteiger partial charge in [-0.1, -0.05) is 61.9 Å². The molecule has 120 valence electrons. The molecule has 0 atom stereocenters. The quantitative estimate of drug-likeness (QED) is 0.734. The van der Waals surface area contributed by atoms with Crippen molar-refractivity contribution in [1.82, 2.24) is 4.90 Å². The van der Waals surface area contributed by atoms with Crippen molar-refractivity contribution in [2.45, 2.75) is 25.7 Å². The fourth-order valence-corrected chi connectivity index (χ4v) is 3.70. The number of rotatable bonds is 3. The average Bonchev–Trinajstić information content (AvgIpc) is 2.50. The van der Waals surface area contributed by atoms with E-state index < -0.39 is 0 Å². The predicted octanol–water partition coefficient (Wildman–Crippen LogP) is 5.36. The highest BCUT2D eigenvalue weighted by atomic mass is 35.5. The van der Waals surface area contributed by atoms with Crippen molar-refractivity contribution in [3.8, 4) is 0 Å². The third kappa shape index (κ3) is 2.96. The summed E-state index contributed by atoms with van der Waals surface area (Å²) in [4.78, 5) is 2.22. The first-order chi connectivity index (χ1) is 10.9. The van der Waals surface area contributed by atoms with Gasteiger partial charge in [0.05, 0.1) is 0 Å². The second-order valence-corrected chi connectivity index (χ2v) is 7.51. The van der Waals surface area contributed by atoms with Crippen molar-refractivity contribution >= 4 is 17.2 Å². The second kappa shape index (κ2) is 6.14. The van der Waals surface area contributed by atoms with Crippen LogP contribution in [0.2, 0.25) is 5.02 Å². The number of nitrogens with zero attached hydrogens (tertiary/aromatic N) is 1. The van der Waals surface area contributed by atoms with E-state index in [-0.39, 0.29) is 5.41 Å². The number of halogens is 1. The summed E-state index contributed by atoms with van der Waals surface area (Å²) in [7, 11) is 4.22. The Morgan fingerprint density at radius 1 is 1.00 bits per heavy atom. The Kier molecular flexibility index (Phi) is 4.35. The van der Waals surface area contributed by atoms with Gasteiger partial charge in [0, 0.05) is 17.0 Å². The Morgan fingerprint density at radius 3 is 2.43 bits per heavy atom. The summed E-state index contributed by atoms with van der Waals surface area (Å²) in [6.07, 6.45) is 3.40. The number of fused-ring (bicyclic) bond motifs is 2. The van der Waals surface area contributed by atoms with Crippen molar-refractivity contribution in [2.24, 2.45) is 0 Å². The molecule has 0 saturated heterocycles. The van der Waals surface area contributed by atoms with E-state index in [0.717, 1.165) is 18.0 Å². The van der Waals surface area contributed by atoms with Gasteiger partial charge in [-0.25, -0.2) is 0 Å². The average molecular weight is 326 g/mol. The van der Waals surface area contributed by atoms with Crippen LogP contribution >= 0.6 is 11.6 Å². The van der Waals surface area contributed by atoms with Gasteiger partial charge >= 0.3 is 0 Å². The summed E-state index contributed by atoms with van der Waals surface area (Å²) < 4.78 is 0. The van der Waals surface area contributed by atoms with Crippen LogP contribution in [0, 0.1) is 0 Å². The van der Waals surface area contributed by atoms with Crippen LogP contribution in [0.1, 0.15) is 42.5 Å².